The number of H-pyrrole nitrogens is 1. The van der Waals surface area contributed by atoms with Crippen molar-refractivity contribution in [1.29, 1.82) is 0 Å². The average molecular weight is 320 g/mol. The number of hydrogen-bond donors (Lipinski definition) is 2. The first-order chi connectivity index (χ1) is 9.24. The lowest BCUT2D eigenvalue weighted by molar-refractivity contribution is -0.122. The van der Waals surface area contributed by atoms with Crippen LogP contribution < -0.4 is 5.32 Å². The fourth-order valence-electron chi connectivity index (χ4n) is 2.26. The summed E-state index contributed by atoms with van der Waals surface area (Å²) in [5.74, 6) is 0.612. The molecule has 3 rings (SSSR count). The van der Waals surface area contributed by atoms with Crippen LogP contribution in [-0.4, -0.2) is 16.1 Å². The van der Waals surface area contributed by atoms with Crippen LogP contribution >= 0.6 is 15.9 Å². The summed E-state index contributed by atoms with van der Waals surface area (Å²) in [5, 5.41) is 9.62. The molecule has 1 amide bonds. The van der Waals surface area contributed by atoms with Crippen LogP contribution in [0.25, 0.3) is 0 Å². The second-order valence-corrected chi connectivity index (χ2v) is 5.72. The molecule has 1 saturated carbocycles. The molecule has 0 radical (unpaired) electrons. The molecule has 0 spiro atoms. The topological polar surface area (TPSA) is 57.8 Å². The monoisotopic (exact) mass is 319 g/mol. The lowest BCUT2D eigenvalue weighted by Crippen LogP contribution is -2.25. The molecule has 1 heterocycles. The van der Waals surface area contributed by atoms with Gasteiger partial charge in [0, 0.05) is 16.6 Å². The Hall–Kier alpha value is -1.62. The Labute approximate surface area is 119 Å². The van der Waals surface area contributed by atoms with Gasteiger partial charge in [-0.25, -0.2) is 0 Å². The normalized spacial score (nSPS) is 21.1. The summed E-state index contributed by atoms with van der Waals surface area (Å²) in [4.78, 5) is 12.0. The Morgan fingerprint density at radius 1 is 1.37 bits per heavy atom. The molecule has 1 aliphatic rings. The molecule has 19 heavy (non-hydrogen) atoms. The minimum absolute atomic E-state index is 0.115. The molecule has 1 aliphatic carbocycles. The highest BCUT2D eigenvalue weighted by Crippen LogP contribution is 2.47. The van der Waals surface area contributed by atoms with Crippen molar-refractivity contribution in [1.82, 2.24) is 15.5 Å². The maximum absolute atomic E-state index is 12.0. The van der Waals surface area contributed by atoms with Crippen LogP contribution in [0.1, 0.15) is 23.6 Å². The molecule has 0 saturated heterocycles. The van der Waals surface area contributed by atoms with Gasteiger partial charge in [-0.15, -0.1) is 0 Å². The Kier molecular flexibility index (Phi) is 3.38. The molecule has 2 atom stereocenters. The minimum Gasteiger partial charge on any atom is -0.350 e. The molecule has 2 unspecified atom stereocenters. The van der Waals surface area contributed by atoms with Crippen LogP contribution in [0.2, 0.25) is 0 Å². The van der Waals surface area contributed by atoms with Crippen LogP contribution in [0.4, 0.5) is 0 Å². The lowest BCUT2D eigenvalue weighted by Gasteiger charge is -2.03. The highest BCUT2D eigenvalue weighted by molar-refractivity contribution is 9.10. The number of carbonyl (C=O) groups excluding carboxylic acids is 1. The molecule has 1 aromatic heterocycles. The molecular weight excluding hydrogens is 306 g/mol. The number of nitrogens with one attached hydrogen (secondary N) is 2. The first kappa shape index (κ1) is 12.4. The summed E-state index contributed by atoms with van der Waals surface area (Å²) in [6.45, 7) is 0.516. The number of rotatable bonds is 4. The van der Waals surface area contributed by atoms with Crippen LogP contribution in [0, 0.1) is 5.92 Å². The van der Waals surface area contributed by atoms with Crippen molar-refractivity contribution >= 4 is 21.8 Å². The van der Waals surface area contributed by atoms with Crippen LogP contribution in [0.5, 0.6) is 0 Å². The van der Waals surface area contributed by atoms with Gasteiger partial charge in [0.25, 0.3) is 0 Å². The summed E-state index contributed by atoms with van der Waals surface area (Å²) in [5.41, 5.74) is 2.17. The molecule has 0 bridgehead atoms. The summed E-state index contributed by atoms with van der Waals surface area (Å²) >= 11 is 3.42. The van der Waals surface area contributed by atoms with Crippen molar-refractivity contribution in [3.63, 3.8) is 0 Å². The molecule has 98 valence electrons. The second kappa shape index (κ2) is 5.17. The average Bonchev–Trinajstić information content (AvgIpc) is 3.05. The van der Waals surface area contributed by atoms with E-state index in [1.165, 1.54) is 5.56 Å². The minimum atomic E-state index is 0.115. The lowest BCUT2D eigenvalue weighted by atomic mass is 10.1. The van der Waals surface area contributed by atoms with Gasteiger partial charge in [-0.3, -0.25) is 9.89 Å². The van der Waals surface area contributed by atoms with Crippen molar-refractivity contribution in [2.45, 2.75) is 18.9 Å². The molecule has 5 heteroatoms. The Balaban J connectivity index is 1.54. The second-order valence-electron chi connectivity index (χ2n) is 4.80. The number of aromatic amines is 1. The van der Waals surface area contributed by atoms with Gasteiger partial charge in [0.05, 0.1) is 12.2 Å². The number of amides is 1. The van der Waals surface area contributed by atoms with Crippen LogP contribution in [0.15, 0.2) is 41.0 Å². The maximum Gasteiger partial charge on any atom is 0.224 e. The number of hydrogen-bond acceptors (Lipinski definition) is 2. The number of aromatic nitrogens is 2. The fourth-order valence-corrected chi connectivity index (χ4v) is 2.52. The summed E-state index contributed by atoms with van der Waals surface area (Å²) in [6, 6.07) is 10.1. The highest BCUT2D eigenvalue weighted by Gasteiger charge is 2.43. The smallest absolute Gasteiger partial charge is 0.224 e. The fraction of sp³-hybridized carbons (Fsp3) is 0.286. The number of halogens is 1. The number of benzene rings is 1. The third-order valence-corrected chi connectivity index (χ3v) is 3.97. The summed E-state index contributed by atoms with van der Waals surface area (Å²) in [6.07, 6.45) is 2.62. The Bertz CT molecular complexity index is 565. The van der Waals surface area contributed by atoms with E-state index in [1.54, 1.807) is 6.20 Å². The Morgan fingerprint density at radius 3 is 2.84 bits per heavy atom. The van der Waals surface area contributed by atoms with Crippen LogP contribution in [-0.2, 0) is 11.3 Å². The summed E-state index contributed by atoms with van der Waals surface area (Å²) < 4.78 is 1.07. The molecule has 1 fully saturated rings. The van der Waals surface area contributed by atoms with Gasteiger partial charge in [0.1, 0.15) is 0 Å². The number of nitrogens with zero attached hydrogens (tertiary/aromatic N) is 1. The highest BCUT2D eigenvalue weighted by atomic mass is 79.9. The van der Waals surface area contributed by atoms with Gasteiger partial charge < -0.3 is 5.32 Å². The molecule has 1 aromatic carbocycles. The number of carbonyl (C=O) groups is 1. The Morgan fingerprint density at radius 2 is 2.16 bits per heavy atom. The summed E-state index contributed by atoms with van der Waals surface area (Å²) in [7, 11) is 0. The van der Waals surface area contributed by atoms with E-state index in [0.29, 0.717) is 12.5 Å². The van der Waals surface area contributed by atoms with Gasteiger partial charge in [-0.05, 0) is 36.1 Å². The van der Waals surface area contributed by atoms with Crippen molar-refractivity contribution < 1.29 is 4.79 Å². The van der Waals surface area contributed by atoms with Crippen LogP contribution in [0.3, 0.4) is 0 Å². The van der Waals surface area contributed by atoms with E-state index in [-0.39, 0.29) is 11.8 Å². The van der Waals surface area contributed by atoms with E-state index >= 15 is 0 Å². The molecule has 0 aliphatic heterocycles. The zero-order valence-corrected chi connectivity index (χ0v) is 11.9. The quantitative estimate of drug-likeness (QED) is 0.910. The van der Waals surface area contributed by atoms with Crippen molar-refractivity contribution in [3.8, 4) is 0 Å². The van der Waals surface area contributed by atoms with E-state index in [9.17, 15) is 4.79 Å². The maximum atomic E-state index is 12.0. The molecule has 2 N–H and O–H groups in total. The van der Waals surface area contributed by atoms with Crippen molar-refractivity contribution in [2.75, 3.05) is 0 Å². The van der Waals surface area contributed by atoms with Crippen molar-refractivity contribution in [2.24, 2.45) is 5.92 Å². The molecule has 2 aromatic rings. The first-order valence-electron chi connectivity index (χ1n) is 6.25. The third-order valence-electron chi connectivity index (χ3n) is 3.44. The standard InChI is InChI=1S/C14H14BrN3O/c15-10-3-1-9(2-4-10)12-7-13(12)14(19)16-8-11-5-6-17-18-11/h1-6,12-13H,7-8H2,(H,16,19)(H,17,18). The zero-order valence-electron chi connectivity index (χ0n) is 10.3. The SMILES string of the molecule is O=C(NCc1ccn[nH]1)C1CC1c1ccc(Br)cc1. The van der Waals surface area contributed by atoms with E-state index in [2.05, 4.69) is 43.6 Å². The van der Waals surface area contributed by atoms with Gasteiger partial charge in [-0.2, -0.15) is 5.10 Å². The zero-order chi connectivity index (χ0) is 13.2. The van der Waals surface area contributed by atoms with Gasteiger partial charge >= 0.3 is 0 Å². The van der Waals surface area contributed by atoms with E-state index in [0.717, 1.165) is 16.6 Å². The largest absolute Gasteiger partial charge is 0.350 e. The van der Waals surface area contributed by atoms with Gasteiger partial charge in [-0.1, -0.05) is 28.1 Å². The van der Waals surface area contributed by atoms with Gasteiger partial charge in [0.15, 0.2) is 0 Å². The predicted molar refractivity (Wildman–Crippen MR) is 75.4 cm³/mol. The molecule has 4 nitrogen and oxygen atoms in total. The first-order valence-corrected chi connectivity index (χ1v) is 7.05. The molecular formula is C14H14BrN3O. The van der Waals surface area contributed by atoms with Crippen molar-refractivity contribution in [3.05, 3.63) is 52.3 Å². The van der Waals surface area contributed by atoms with E-state index in [4.69, 9.17) is 0 Å². The predicted octanol–water partition coefficient (Wildman–Crippen LogP) is 2.59. The van der Waals surface area contributed by atoms with E-state index in [1.807, 2.05) is 18.2 Å². The third kappa shape index (κ3) is 2.87. The van der Waals surface area contributed by atoms with E-state index < -0.39 is 0 Å². The van der Waals surface area contributed by atoms with Gasteiger partial charge in [0.2, 0.25) is 5.91 Å².